The molecule has 0 spiro atoms. The summed E-state index contributed by atoms with van der Waals surface area (Å²) in [5.74, 6) is 0. The molecule has 0 amide bonds. The smallest absolute Gasteiger partial charge is 0.0969 e. The highest BCUT2D eigenvalue weighted by molar-refractivity contribution is 8.00. The third-order valence-corrected chi connectivity index (χ3v) is 5.83. The van der Waals surface area contributed by atoms with Gasteiger partial charge in [0.15, 0.2) is 0 Å². The van der Waals surface area contributed by atoms with Gasteiger partial charge in [-0.05, 0) is 35.4 Å². The summed E-state index contributed by atoms with van der Waals surface area (Å²) in [7, 11) is 0. The lowest BCUT2D eigenvalue weighted by atomic mass is 10.1. The minimum absolute atomic E-state index is 0.239. The second kappa shape index (κ2) is 7.28. The fourth-order valence-electron chi connectivity index (χ4n) is 2.84. The lowest BCUT2D eigenvalue weighted by Crippen LogP contribution is -2.24. The zero-order valence-corrected chi connectivity index (χ0v) is 15.6. The maximum Gasteiger partial charge on any atom is 0.0969 e. The quantitative estimate of drug-likeness (QED) is 0.808. The first-order valence-electron chi connectivity index (χ1n) is 7.99. The second-order valence-electron chi connectivity index (χ2n) is 5.91. The van der Waals surface area contributed by atoms with E-state index >= 15 is 0 Å². The van der Waals surface area contributed by atoms with E-state index in [-0.39, 0.29) is 10.7 Å². The fourth-order valence-corrected chi connectivity index (χ4v) is 4.22. The third-order valence-electron chi connectivity index (χ3n) is 4.13. The minimum atomic E-state index is 0.239. The highest BCUT2D eigenvalue weighted by Gasteiger charge is 2.27. The molecule has 0 radical (unpaired) electrons. The van der Waals surface area contributed by atoms with Gasteiger partial charge in [-0.15, -0.1) is 11.8 Å². The molecule has 2 N–H and O–H groups in total. The average Bonchev–Trinajstić information content (AvgIpc) is 3.27. The van der Waals surface area contributed by atoms with Crippen molar-refractivity contribution < 1.29 is 0 Å². The average molecular weight is 391 g/mol. The number of nitrogens with zero attached hydrogens (tertiary/aromatic N) is 2. The number of rotatable bonds is 4. The molecule has 2 atom stereocenters. The molecule has 2 aliphatic rings. The number of hydrogen-bond acceptors (Lipinski definition) is 5. The summed E-state index contributed by atoms with van der Waals surface area (Å²) in [6.07, 6.45) is 1.75. The molecule has 2 aromatic rings. The largest absolute Gasteiger partial charge is 0.296 e. The van der Waals surface area contributed by atoms with Crippen molar-refractivity contribution in [2.24, 2.45) is 10.2 Å². The van der Waals surface area contributed by atoms with Gasteiger partial charge in [-0.1, -0.05) is 47.5 Å². The van der Waals surface area contributed by atoms with Crippen molar-refractivity contribution in [3.63, 3.8) is 0 Å². The Balaban J connectivity index is 1.31. The molecule has 7 heteroatoms. The van der Waals surface area contributed by atoms with E-state index in [4.69, 9.17) is 23.2 Å². The predicted octanol–water partition coefficient (Wildman–Crippen LogP) is 4.47. The van der Waals surface area contributed by atoms with Crippen LogP contribution in [0, 0.1) is 0 Å². The maximum absolute atomic E-state index is 5.95. The van der Waals surface area contributed by atoms with Crippen molar-refractivity contribution in [1.29, 1.82) is 0 Å². The molecule has 2 unspecified atom stereocenters. The Bertz CT molecular complexity index is 748. The maximum atomic E-state index is 5.95. The topological polar surface area (TPSA) is 48.8 Å². The summed E-state index contributed by atoms with van der Waals surface area (Å²) in [4.78, 5) is 0. The Hall–Kier alpha value is -1.69. The fraction of sp³-hybridized carbons (Fsp3) is 0.222. The van der Waals surface area contributed by atoms with Crippen LogP contribution >= 0.6 is 35.0 Å². The Morgan fingerprint density at radius 3 is 1.52 bits per heavy atom. The molecule has 0 saturated heterocycles. The van der Waals surface area contributed by atoms with Crippen LogP contribution in [0.1, 0.15) is 24.0 Å². The summed E-state index contributed by atoms with van der Waals surface area (Å²) < 4.78 is 0. The highest BCUT2D eigenvalue weighted by Crippen LogP contribution is 2.28. The van der Waals surface area contributed by atoms with E-state index in [1.165, 1.54) is 0 Å². The molecular formula is C18H16Cl2N4S. The van der Waals surface area contributed by atoms with Crippen LogP contribution in [0.4, 0.5) is 0 Å². The summed E-state index contributed by atoms with van der Waals surface area (Å²) in [5.41, 5.74) is 10.8. The minimum Gasteiger partial charge on any atom is -0.296 e. The third kappa shape index (κ3) is 3.94. The summed E-state index contributed by atoms with van der Waals surface area (Å²) in [6.45, 7) is 0. The van der Waals surface area contributed by atoms with Crippen LogP contribution in [0.3, 0.4) is 0 Å². The number of nitrogens with one attached hydrogen (secondary N) is 2. The van der Waals surface area contributed by atoms with Crippen LogP contribution in [0.5, 0.6) is 0 Å². The van der Waals surface area contributed by atoms with Crippen LogP contribution < -0.4 is 10.9 Å². The van der Waals surface area contributed by atoms with Crippen molar-refractivity contribution >= 4 is 46.4 Å². The molecule has 25 heavy (non-hydrogen) atoms. The first-order valence-corrected chi connectivity index (χ1v) is 9.69. The molecule has 0 bridgehead atoms. The van der Waals surface area contributed by atoms with E-state index in [0.717, 1.165) is 45.4 Å². The molecular weight excluding hydrogens is 375 g/mol. The summed E-state index contributed by atoms with van der Waals surface area (Å²) >= 11 is 13.7. The zero-order valence-electron chi connectivity index (χ0n) is 13.2. The molecule has 0 fully saturated rings. The normalized spacial score (nSPS) is 22.2. The van der Waals surface area contributed by atoms with E-state index < -0.39 is 0 Å². The van der Waals surface area contributed by atoms with Crippen LogP contribution in [-0.4, -0.2) is 22.2 Å². The van der Waals surface area contributed by atoms with Gasteiger partial charge in [0, 0.05) is 22.9 Å². The summed E-state index contributed by atoms with van der Waals surface area (Å²) in [6, 6.07) is 15.6. The number of hydrogen-bond donors (Lipinski definition) is 2. The first kappa shape index (κ1) is 16.8. The molecule has 4 nitrogen and oxygen atoms in total. The van der Waals surface area contributed by atoms with Gasteiger partial charge in [-0.2, -0.15) is 10.2 Å². The predicted molar refractivity (Wildman–Crippen MR) is 107 cm³/mol. The van der Waals surface area contributed by atoms with Crippen molar-refractivity contribution in [3.05, 3.63) is 69.7 Å². The number of halogens is 2. The number of hydrazone groups is 2. The standard InChI is InChI=1S/C18H16Cl2N4S/c19-13-5-1-11(2-6-13)15-9-17(23-21-15)25-18-10-16(22-24-18)12-3-7-14(20)8-4-12/h1-8,17-18,23-24H,9-10H2. The Morgan fingerprint density at radius 2 is 1.12 bits per heavy atom. The van der Waals surface area contributed by atoms with Crippen molar-refractivity contribution in [3.8, 4) is 0 Å². The molecule has 2 heterocycles. The molecule has 0 aliphatic carbocycles. The van der Waals surface area contributed by atoms with Gasteiger partial charge in [-0.3, -0.25) is 10.9 Å². The van der Waals surface area contributed by atoms with Gasteiger partial charge < -0.3 is 0 Å². The molecule has 0 saturated carbocycles. The lowest BCUT2D eigenvalue weighted by molar-refractivity contribution is 0.722. The highest BCUT2D eigenvalue weighted by atomic mass is 35.5. The van der Waals surface area contributed by atoms with Crippen molar-refractivity contribution in [2.45, 2.75) is 23.6 Å². The van der Waals surface area contributed by atoms with Gasteiger partial charge in [0.05, 0.1) is 22.2 Å². The van der Waals surface area contributed by atoms with E-state index in [0.29, 0.717) is 0 Å². The van der Waals surface area contributed by atoms with Gasteiger partial charge in [0.1, 0.15) is 0 Å². The van der Waals surface area contributed by atoms with Gasteiger partial charge in [-0.25, -0.2) is 0 Å². The van der Waals surface area contributed by atoms with Crippen LogP contribution in [0.15, 0.2) is 58.7 Å². The SMILES string of the molecule is Clc1ccc(C2=NNC(SC3CC(c4ccc(Cl)cc4)=NN3)C2)cc1. The summed E-state index contributed by atoms with van der Waals surface area (Å²) in [5, 5.41) is 10.9. The van der Waals surface area contributed by atoms with E-state index in [2.05, 4.69) is 21.1 Å². The van der Waals surface area contributed by atoms with E-state index in [1.54, 1.807) is 0 Å². The van der Waals surface area contributed by atoms with Crippen LogP contribution in [0.2, 0.25) is 10.0 Å². The van der Waals surface area contributed by atoms with E-state index in [9.17, 15) is 0 Å². The Kier molecular flexibility index (Phi) is 4.88. The van der Waals surface area contributed by atoms with Gasteiger partial charge >= 0.3 is 0 Å². The number of benzene rings is 2. The van der Waals surface area contributed by atoms with Gasteiger partial charge in [0.2, 0.25) is 0 Å². The van der Waals surface area contributed by atoms with Crippen molar-refractivity contribution in [2.75, 3.05) is 0 Å². The van der Waals surface area contributed by atoms with Crippen LogP contribution in [0.25, 0.3) is 0 Å². The van der Waals surface area contributed by atoms with Crippen molar-refractivity contribution in [1.82, 2.24) is 10.9 Å². The lowest BCUT2D eigenvalue weighted by Gasteiger charge is -2.15. The zero-order chi connectivity index (χ0) is 17.2. The van der Waals surface area contributed by atoms with E-state index in [1.807, 2.05) is 60.3 Å². The molecule has 4 rings (SSSR count). The Labute approximate surface area is 160 Å². The monoisotopic (exact) mass is 390 g/mol. The van der Waals surface area contributed by atoms with Gasteiger partial charge in [0.25, 0.3) is 0 Å². The molecule has 2 aromatic carbocycles. The molecule has 128 valence electrons. The number of thioether (sulfide) groups is 1. The second-order valence-corrected chi connectivity index (χ2v) is 8.19. The Morgan fingerprint density at radius 1 is 0.720 bits per heavy atom. The first-order chi connectivity index (χ1) is 12.2. The molecule has 2 aliphatic heterocycles. The van der Waals surface area contributed by atoms with Crippen LogP contribution in [-0.2, 0) is 0 Å². The molecule has 0 aromatic heterocycles.